The summed E-state index contributed by atoms with van der Waals surface area (Å²) in [6, 6.07) is 0. The smallest absolute Gasteiger partial charge is 0.186 e. The lowest BCUT2D eigenvalue weighted by Crippen LogP contribution is -2.53. The highest BCUT2D eigenvalue weighted by Gasteiger charge is 2.37. The minimum atomic E-state index is -1.20. The van der Waals surface area contributed by atoms with Gasteiger partial charge >= 0.3 is 0 Å². The molecule has 16 heavy (non-hydrogen) atoms. The average Bonchev–Trinajstić information content (AvgIpc) is 2.28. The van der Waals surface area contributed by atoms with Crippen LogP contribution in [0.15, 0.2) is 12.7 Å². The molecule has 5 nitrogen and oxygen atoms in total. The fraction of sp³-hybridized carbons (Fsp3) is 0.818. The number of unbranched alkanes of at least 4 members (excludes halogenated alkanes) is 2. The molecule has 4 atom stereocenters. The van der Waals surface area contributed by atoms with E-state index in [0.717, 1.165) is 19.3 Å². The van der Waals surface area contributed by atoms with Crippen LogP contribution >= 0.6 is 0 Å². The summed E-state index contributed by atoms with van der Waals surface area (Å²) in [5.74, 6) is 0. The second-order valence-electron chi connectivity index (χ2n) is 3.91. The topological polar surface area (TPSA) is 79.2 Å². The van der Waals surface area contributed by atoms with Gasteiger partial charge in [0.15, 0.2) is 6.29 Å². The molecular formula is C11H20O5. The molecule has 1 heterocycles. The molecule has 1 aliphatic heterocycles. The van der Waals surface area contributed by atoms with Gasteiger partial charge in [-0.3, -0.25) is 0 Å². The highest BCUT2D eigenvalue weighted by Crippen LogP contribution is 2.16. The van der Waals surface area contributed by atoms with Crippen molar-refractivity contribution in [1.29, 1.82) is 0 Å². The predicted octanol–water partition coefficient (Wildman–Crippen LogP) is -0.202. The number of hydrogen-bond acceptors (Lipinski definition) is 5. The van der Waals surface area contributed by atoms with Crippen LogP contribution in [0.25, 0.3) is 0 Å². The standard InChI is InChI=1S/C11H20O5/c1-2-3-4-5-6-15-11-10(14)9(13)8(12)7-16-11/h2,8-14H,1,3-7H2/t8-,9+,10-,11-/m1/s1. The first kappa shape index (κ1) is 13.6. The summed E-state index contributed by atoms with van der Waals surface area (Å²) < 4.78 is 10.4. The van der Waals surface area contributed by atoms with Crippen LogP contribution in [0.3, 0.4) is 0 Å². The number of allylic oxidation sites excluding steroid dienone is 1. The van der Waals surface area contributed by atoms with Crippen molar-refractivity contribution in [2.24, 2.45) is 0 Å². The Morgan fingerprint density at radius 1 is 1.25 bits per heavy atom. The van der Waals surface area contributed by atoms with Crippen LogP contribution < -0.4 is 0 Å². The lowest BCUT2D eigenvalue weighted by Gasteiger charge is -2.34. The molecular weight excluding hydrogens is 212 g/mol. The monoisotopic (exact) mass is 232 g/mol. The minimum Gasteiger partial charge on any atom is -0.388 e. The summed E-state index contributed by atoms with van der Waals surface area (Å²) in [5.41, 5.74) is 0. The molecule has 0 amide bonds. The van der Waals surface area contributed by atoms with Crippen molar-refractivity contribution in [2.45, 2.75) is 43.9 Å². The van der Waals surface area contributed by atoms with E-state index in [0.29, 0.717) is 6.61 Å². The maximum Gasteiger partial charge on any atom is 0.186 e. The number of ether oxygens (including phenoxy) is 2. The van der Waals surface area contributed by atoms with E-state index in [4.69, 9.17) is 9.47 Å². The molecule has 1 saturated heterocycles. The Labute approximate surface area is 95.3 Å². The molecule has 0 aromatic carbocycles. The zero-order chi connectivity index (χ0) is 12.0. The molecule has 5 heteroatoms. The van der Waals surface area contributed by atoms with Crippen molar-refractivity contribution in [3.8, 4) is 0 Å². The van der Waals surface area contributed by atoms with Gasteiger partial charge in [0.1, 0.15) is 18.3 Å². The molecule has 0 bridgehead atoms. The van der Waals surface area contributed by atoms with E-state index in [2.05, 4.69) is 6.58 Å². The van der Waals surface area contributed by atoms with Gasteiger partial charge in [0.2, 0.25) is 0 Å². The summed E-state index contributed by atoms with van der Waals surface area (Å²) in [6.45, 7) is 4.05. The Hall–Kier alpha value is -0.460. The third-order valence-corrected chi connectivity index (χ3v) is 2.54. The molecule has 1 rings (SSSR count). The van der Waals surface area contributed by atoms with Crippen LogP contribution in [-0.4, -0.2) is 53.1 Å². The van der Waals surface area contributed by atoms with Gasteiger partial charge in [-0.15, -0.1) is 6.58 Å². The van der Waals surface area contributed by atoms with Gasteiger partial charge in [0.05, 0.1) is 6.61 Å². The zero-order valence-electron chi connectivity index (χ0n) is 9.29. The quantitative estimate of drug-likeness (QED) is 0.436. The first-order valence-corrected chi connectivity index (χ1v) is 5.55. The fourth-order valence-corrected chi connectivity index (χ4v) is 1.52. The summed E-state index contributed by atoms with van der Waals surface area (Å²) in [4.78, 5) is 0. The molecule has 0 saturated carbocycles. The summed E-state index contributed by atoms with van der Waals surface area (Å²) in [7, 11) is 0. The van der Waals surface area contributed by atoms with Crippen molar-refractivity contribution in [3.63, 3.8) is 0 Å². The van der Waals surface area contributed by atoms with Crippen LogP contribution in [0, 0.1) is 0 Å². The Kier molecular flexibility index (Phi) is 5.94. The van der Waals surface area contributed by atoms with Crippen molar-refractivity contribution in [3.05, 3.63) is 12.7 Å². The van der Waals surface area contributed by atoms with E-state index in [1.165, 1.54) is 0 Å². The van der Waals surface area contributed by atoms with Crippen molar-refractivity contribution >= 4 is 0 Å². The lowest BCUT2D eigenvalue weighted by molar-refractivity contribution is -0.270. The van der Waals surface area contributed by atoms with Crippen LogP contribution in [0.5, 0.6) is 0 Å². The van der Waals surface area contributed by atoms with Crippen LogP contribution in [0.1, 0.15) is 19.3 Å². The van der Waals surface area contributed by atoms with Crippen LogP contribution in [-0.2, 0) is 9.47 Å². The maximum atomic E-state index is 9.53. The van der Waals surface area contributed by atoms with Gasteiger partial charge in [-0.05, 0) is 19.3 Å². The van der Waals surface area contributed by atoms with E-state index >= 15 is 0 Å². The van der Waals surface area contributed by atoms with E-state index in [1.54, 1.807) is 0 Å². The molecule has 0 aliphatic carbocycles. The largest absolute Gasteiger partial charge is 0.388 e. The van der Waals surface area contributed by atoms with E-state index in [9.17, 15) is 15.3 Å². The van der Waals surface area contributed by atoms with Crippen LogP contribution in [0.4, 0.5) is 0 Å². The highest BCUT2D eigenvalue weighted by atomic mass is 16.7. The minimum absolute atomic E-state index is 0.0183. The third kappa shape index (κ3) is 3.84. The van der Waals surface area contributed by atoms with Crippen molar-refractivity contribution in [2.75, 3.05) is 13.2 Å². The molecule has 0 aromatic rings. The van der Waals surface area contributed by atoms with Gasteiger partial charge in [-0.1, -0.05) is 6.08 Å². The average molecular weight is 232 g/mol. The fourth-order valence-electron chi connectivity index (χ4n) is 1.52. The number of aliphatic hydroxyl groups excluding tert-OH is 3. The predicted molar refractivity (Wildman–Crippen MR) is 57.8 cm³/mol. The molecule has 94 valence electrons. The number of hydrogen-bond donors (Lipinski definition) is 3. The molecule has 0 radical (unpaired) electrons. The number of rotatable bonds is 6. The van der Waals surface area contributed by atoms with Crippen molar-refractivity contribution < 1.29 is 24.8 Å². The SMILES string of the molecule is C=CCCCCO[C@@H]1OC[C@@H](O)[C@H](O)[C@H]1O. The Balaban J connectivity index is 2.19. The Morgan fingerprint density at radius 2 is 2.00 bits per heavy atom. The van der Waals surface area contributed by atoms with Gasteiger partial charge < -0.3 is 24.8 Å². The van der Waals surface area contributed by atoms with E-state index in [-0.39, 0.29) is 6.61 Å². The first-order valence-electron chi connectivity index (χ1n) is 5.55. The number of aliphatic hydroxyl groups is 3. The second kappa shape index (κ2) is 6.98. The Morgan fingerprint density at radius 3 is 2.69 bits per heavy atom. The Bertz CT molecular complexity index is 209. The molecule has 1 aliphatic rings. The summed E-state index contributed by atoms with van der Waals surface area (Å²) >= 11 is 0. The zero-order valence-corrected chi connectivity index (χ0v) is 9.29. The van der Waals surface area contributed by atoms with Gasteiger partial charge in [-0.2, -0.15) is 0 Å². The summed E-state index contributed by atoms with van der Waals surface area (Å²) in [6.07, 6.45) is 0.299. The van der Waals surface area contributed by atoms with Crippen LogP contribution in [0.2, 0.25) is 0 Å². The summed E-state index contributed by atoms with van der Waals surface area (Å²) in [5, 5.41) is 28.1. The normalized spacial score (nSPS) is 34.9. The molecule has 0 aromatic heterocycles. The van der Waals surface area contributed by atoms with Gasteiger partial charge in [-0.25, -0.2) is 0 Å². The highest BCUT2D eigenvalue weighted by molar-refractivity contribution is 4.82. The van der Waals surface area contributed by atoms with Crippen molar-refractivity contribution in [1.82, 2.24) is 0 Å². The van der Waals surface area contributed by atoms with Gasteiger partial charge in [0.25, 0.3) is 0 Å². The third-order valence-electron chi connectivity index (χ3n) is 2.54. The molecule has 3 N–H and O–H groups in total. The second-order valence-corrected chi connectivity index (χ2v) is 3.91. The molecule has 1 fully saturated rings. The lowest BCUT2D eigenvalue weighted by atomic mass is 10.1. The van der Waals surface area contributed by atoms with E-state index < -0.39 is 24.6 Å². The van der Waals surface area contributed by atoms with E-state index in [1.807, 2.05) is 6.08 Å². The van der Waals surface area contributed by atoms with Gasteiger partial charge in [0, 0.05) is 6.61 Å². The molecule has 0 spiro atoms. The maximum absolute atomic E-state index is 9.53. The first-order chi connectivity index (χ1) is 7.66. The molecule has 0 unspecified atom stereocenters.